The summed E-state index contributed by atoms with van der Waals surface area (Å²) in [5, 5.41) is 2.59. The summed E-state index contributed by atoms with van der Waals surface area (Å²) in [7, 11) is -3.49. The van der Waals surface area contributed by atoms with Crippen molar-refractivity contribution in [1.82, 2.24) is 19.4 Å². The van der Waals surface area contributed by atoms with Crippen molar-refractivity contribution in [3.8, 4) is 0 Å². The summed E-state index contributed by atoms with van der Waals surface area (Å²) in [5.41, 5.74) is 1.87. The van der Waals surface area contributed by atoms with Crippen molar-refractivity contribution in [2.24, 2.45) is 0 Å². The number of piperazine rings is 1. The first-order valence-electron chi connectivity index (χ1n) is 11.3. The number of rotatable bonds is 9. The molecule has 0 saturated carbocycles. The highest BCUT2D eigenvalue weighted by Crippen LogP contribution is 2.22. The standard InChI is InChI=1S/C24H28N4O5S/c29-22(10-12-28-23(30)20-8-4-5-9-21(20)24(28)31)25-11-17-34(32,33)27-15-13-26(14-16-27)18-19-6-2-1-3-7-19/h1-9H,10-18H2,(H,25,29). The molecule has 180 valence electrons. The Morgan fingerprint density at radius 1 is 0.853 bits per heavy atom. The summed E-state index contributed by atoms with van der Waals surface area (Å²) in [6.45, 7) is 2.87. The van der Waals surface area contributed by atoms with E-state index < -0.39 is 27.7 Å². The summed E-state index contributed by atoms with van der Waals surface area (Å²) in [6, 6.07) is 16.6. The Labute approximate surface area is 199 Å². The fourth-order valence-electron chi connectivity index (χ4n) is 4.20. The SMILES string of the molecule is O=C(CCN1C(=O)c2ccccc2C1=O)NCCS(=O)(=O)N1CCN(Cc2ccccc2)CC1. The number of imide groups is 1. The van der Waals surface area contributed by atoms with E-state index in [4.69, 9.17) is 0 Å². The lowest BCUT2D eigenvalue weighted by Gasteiger charge is -2.34. The molecule has 1 fully saturated rings. The molecule has 2 heterocycles. The Morgan fingerprint density at radius 3 is 2.06 bits per heavy atom. The highest BCUT2D eigenvalue weighted by Gasteiger charge is 2.35. The average Bonchev–Trinajstić information content (AvgIpc) is 3.08. The molecule has 2 aromatic carbocycles. The van der Waals surface area contributed by atoms with Crippen molar-refractivity contribution >= 4 is 27.7 Å². The molecule has 0 radical (unpaired) electrons. The predicted octanol–water partition coefficient (Wildman–Crippen LogP) is 0.937. The van der Waals surface area contributed by atoms with Gasteiger partial charge in [-0.05, 0) is 17.7 Å². The zero-order valence-electron chi connectivity index (χ0n) is 18.9. The van der Waals surface area contributed by atoms with Crippen LogP contribution in [0.15, 0.2) is 54.6 Å². The Morgan fingerprint density at radius 2 is 1.44 bits per heavy atom. The van der Waals surface area contributed by atoms with Crippen molar-refractivity contribution in [2.45, 2.75) is 13.0 Å². The van der Waals surface area contributed by atoms with E-state index in [9.17, 15) is 22.8 Å². The van der Waals surface area contributed by atoms with Crippen molar-refractivity contribution in [3.63, 3.8) is 0 Å². The van der Waals surface area contributed by atoms with E-state index in [-0.39, 0.29) is 25.3 Å². The molecule has 4 rings (SSSR count). The molecule has 0 aliphatic carbocycles. The Kier molecular flexibility index (Phi) is 7.40. The second-order valence-electron chi connectivity index (χ2n) is 8.38. The number of hydrogen-bond acceptors (Lipinski definition) is 6. The molecule has 0 spiro atoms. The molecule has 2 aliphatic heterocycles. The van der Waals surface area contributed by atoms with E-state index in [2.05, 4.69) is 22.3 Å². The molecule has 0 unspecified atom stereocenters. The van der Waals surface area contributed by atoms with Crippen LogP contribution in [0.25, 0.3) is 0 Å². The van der Waals surface area contributed by atoms with Crippen molar-refractivity contribution in [2.75, 3.05) is 45.0 Å². The molecule has 10 heteroatoms. The summed E-state index contributed by atoms with van der Waals surface area (Å²) in [5.74, 6) is -1.42. The molecular weight excluding hydrogens is 456 g/mol. The van der Waals surface area contributed by atoms with Crippen LogP contribution in [-0.4, -0.2) is 85.3 Å². The highest BCUT2D eigenvalue weighted by atomic mass is 32.2. The summed E-state index contributed by atoms with van der Waals surface area (Å²) in [4.78, 5) is 40.2. The minimum absolute atomic E-state index is 0.0203. The fraction of sp³-hybridized carbons (Fsp3) is 0.375. The van der Waals surface area contributed by atoms with E-state index in [1.807, 2.05) is 18.2 Å². The molecule has 0 aromatic heterocycles. The molecule has 1 saturated heterocycles. The third kappa shape index (κ3) is 5.52. The van der Waals surface area contributed by atoms with Gasteiger partial charge >= 0.3 is 0 Å². The maximum atomic E-state index is 12.7. The monoisotopic (exact) mass is 484 g/mol. The molecule has 0 bridgehead atoms. The first kappa shape index (κ1) is 24.1. The summed E-state index contributed by atoms with van der Waals surface area (Å²) in [6.07, 6.45) is -0.0797. The number of nitrogens with zero attached hydrogens (tertiary/aromatic N) is 3. The van der Waals surface area contributed by atoms with Gasteiger partial charge in [-0.15, -0.1) is 0 Å². The minimum atomic E-state index is -3.49. The second kappa shape index (κ2) is 10.5. The van der Waals surface area contributed by atoms with E-state index in [1.165, 1.54) is 9.87 Å². The van der Waals surface area contributed by atoms with Crippen LogP contribution in [-0.2, 0) is 21.4 Å². The number of fused-ring (bicyclic) bond motifs is 1. The number of sulfonamides is 1. The van der Waals surface area contributed by atoms with Gasteiger partial charge < -0.3 is 5.32 Å². The van der Waals surface area contributed by atoms with Gasteiger partial charge in [0, 0.05) is 52.2 Å². The lowest BCUT2D eigenvalue weighted by Crippen LogP contribution is -2.49. The van der Waals surface area contributed by atoms with Gasteiger partial charge in [-0.3, -0.25) is 24.2 Å². The van der Waals surface area contributed by atoms with E-state index in [1.54, 1.807) is 24.3 Å². The largest absolute Gasteiger partial charge is 0.355 e. The molecule has 1 N–H and O–H groups in total. The third-order valence-electron chi connectivity index (χ3n) is 6.10. The summed E-state index contributed by atoms with van der Waals surface area (Å²) >= 11 is 0. The van der Waals surface area contributed by atoms with Crippen LogP contribution < -0.4 is 5.32 Å². The molecule has 34 heavy (non-hydrogen) atoms. The fourth-order valence-corrected chi connectivity index (χ4v) is 5.54. The van der Waals surface area contributed by atoms with Gasteiger partial charge in [-0.2, -0.15) is 4.31 Å². The Hall–Kier alpha value is -3.08. The van der Waals surface area contributed by atoms with Gasteiger partial charge in [0.2, 0.25) is 15.9 Å². The zero-order chi connectivity index (χ0) is 24.1. The number of benzene rings is 2. The minimum Gasteiger partial charge on any atom is -0.355 e. The summed E-state index contributed by atoms with van der Waals surface area (Å²) < 4.78 is 26.8. The number of carbonyl (C=O) groups is 3. The van der Waals surface area contributed by atoms with Gasteiger partial charge in [0.1, 0.15) is 0 Å². The van der Waals surface area contributed by atoms with Crippen LogP contribution in [0.1, 0.15) is 32.7 Å². The number of amides is 3. The van der Waals surface area contributed by atoms with Gasteiger partial charge in [0.15, 0.2) is 0 Å². The van der Waals surface area contributed by atoms with Crippen molar-refractivity contribution in [1.29, 1.82) is 0 Å². The molecule has 9 nitrogen and oxygen atoms in total. The van der Waals surface area contributed by atoms with E-state index >= 15 is 0 Å². The van der Waals surface area contributed by atoms with Crippen molar-refractivity contribution < 1.29 is 22.8 Å². The molecule has 2 aliphatic rings. The lowest BCUT2D eigenvalue weighted by molar-refractivity contribution is -0.121. The molecule has 2 aromatic rings. The Bertz CT molecular complexity index is 1130. The first-order chi connectivity index (χ1) is 16.3. The molecule has 3 amide bonds. The van der Waals surface area contributed by atoms with Crippen LogP contribution in [0.2, 0.25) is 0 Å². The highest BCUT2D eigenvalue weighted by molar-refractivity contribution is 7.89. The van der Waals surface area contributed by atoms with Gasteiger partial charge in [-0.25, -0.2) is 8.42 Å². The van der Waals surface area contributed by atoms with Crippen LogP contribution in [0.5, 0.6) is 0 Å². The van der Waals surface area contributed by atoms with Crippen LogP contribution >= 0.6 is 0 Å². The Balaban J connectivity index is 1.17. The zero-order valence-corrected chi connectivity index (χ0v) is 19.7. The maximum absolute atomic E-state index is 12.7. The van der Waals surface area contributed by atoms with E-state index in [0.29, 0.717) is 37.3 Å². The lowest BCUT2D eigenvalue weighted by atomic mass is 10.1. The van der Waals surface area contributed by atoms with Gasteiger partial charge in [0.25, 0.3) is 11.8 Å². The molecular formula is C24H28N4O5S. The quantitative estimate of drug-likeness (QED) is 0.531. The number of hydrogen-bond donors (Lipinski definition) is 1. The van der Waals surface area contributed by atoms with Crippen LogP contribution in [0.4, 0.5) is 0 Å². The average molecular weight is 485 g/mol. The second-order valence-corrected chi connectivity index (χ2v) is 10.5. The van der Waals surface area contributed by atoms with Gasteiger partial charge in [-0.1, -0.05) is 42.5 Å². The predicted molar refractivity (Wildman–Crippen MR) is 127 cm³/mol. The van der Waals surface area contributed by atoms with Crippen LogP contribution in [0, 0.1) is 0 Å². The smallest absolute Gasteiger partial charge is 0.261 e. The first-order valence-corrected chi connectivity index (χ1v) is 12.9. The van der Waals surface area contributed by atoms with Gasteiger partial charge in [0.05, 0.1) is 16.9 Å². The topological polar surface area (TPSA) is 107 Å². The third-order valence-corrected chi connectivity index (χ3v) is 7.97. The molecule has 0 atom stereocenters. The normalized spacial score (nSPS) is 17.1. The number of nitrogens with one attached hydrogen (secondary N) is 1. The van der Waals surface area contributed by atoms with E-state index in [0.717, 1.165) is 11.4 Å². The number of carbonyl (C=O) groups excluding carboxylic acids is 3. The van der Waals surface area contributed by atoms with Crippen molar-refractivity contribution in [3.05, 3.63) is 71.3 Å². The van der Waals surface area contributed by atoms with Crippen LogP contribution in [0.3, 0.4) is 0 Å². The maximum Gasteiger partial charge on any atom is 0.261 e.